The summed E-state index contributed by atoms with van der Waals surface area (Å²) in [5.41, 5.74) is 1.43. The Morgan fingerprint density at radius 3 is 2.60 bits per heavy atom. The Labute approximate surface area is 64.0 Å². The van der Waals surface area contributed by atoms with Gasteiger partial charge in [0, 0.05) is 0 Å². The maximum atomic E-state index is 3.59. The minimum atomic E-state index is 1.20. The van der Waals surface area contributed by atoms with E-state index in [1.165, 1.54) is 18.4 Å². The lowest BCUT2D eigenvalue weighted by Gasteiger charge is -1.92. The Hall–Kier alpha value is -0.780. The molecule has 0 N–H and O–H groups in total. The molecule has 0 aliphatic rings. The van der Waals surface area contributed by atoms with E-state index in [4.69, 9.17) is 0 Å². The summed E-state index contributed by atoms with van der Waals surface area (Å²) in [5.74, 6) is 0. The van der Waals surface area contributed by atoms with Crippen molar-refractivity contribution in [3.8, 4) is 0 Å². The molecular formula is C10H16. The summed E-state index contributed by atoms with van der Waals surface area (Å²) < 4.78 is 0. The third kappa shape index (κ3) is 5.36. The summed E-state index contributed by atoms with van der Waals surface area (Å²) in [6, 6.07) is 0. The van der Waals surface area contributed by atoms with Crippen molar-refractivity contribution in [1.82, 2.24) is 0 Å². The molecule has 0 heterocycles. The van der Waals surface area contributed by atoms with Crippen molar-refractivity contribution in [2.75, 3.05) is 0 Å². The van der Waals surface area contributed by atoms with Crippen molar-refractivity contribution in [3.05, 3.63) is 36.5 Å². The first kappa shape index (κ1) is 9.22. The number of hydrogen-bond donors (Lipinski definition) is 0. The van der Waals surface area contributed by atoms with E-state index in [0.717, 1.165) is 0 Å². The van der Waals surface area contributed by atoms with Gasteiger partial charge in [0.15, 0.2) is 0 Å². The predicted octanol–water partition coefficient (Wildman–Crippen LogP) is 3.48. The second-order valence-electron chi connectivity index (χ2n) is 2.38. The molecule has 56 valence electrons. The first-order valence-electron chi connectivity index (χ1n) is 3.76. The summed E-state index contributed by atoms with van der Waals surface area (Å²) in [4.78, 5) is 0. The highest BCUT2D eigenvalue weighted by Gasteiger charge is 1.81. The molecule has 0 heteroatoms. The zero-order valence-corrected chi connectivity index (χ0v) is 6.93. The predicted molar refractivity (Wildman–Crippen MR) is 48.0 cm³/mol. The van der Waals surface area contributed by atoms with Gasteiger partial charge in [0.2, 0.25) is 0 Å². The van der Waals surface area contributed by atoms with E-state index in [1.807, 2.05) is 12.2 Å². The molecular weight excluding hydrogens is 120 g/mol. The topological polar surface area (TPSA) is 0 Å². The van der Waals surface area contributed by atoms with Gasteiger partial charge in [0.05, 0.1) is 0 Å². The zero-order valence-electron chi connectivity index (χ0n) is 6.93. The van der Waals surface area contributed by atoms with Crippen molar-refractivity contribution < 1.29 is 0 Å². The van der Waals surface area contributed by atoms with Crippen molar-refractivity contribution in [2.45, 2.75) is 26.7 Å². The van der Waals surface area contributed by atoms with Crippen LogP contribution in [0.1, 0.15) is 26.7 Å². The molecule has 0 nitrogen and oxygen atoms in total. The lowest BCUT2D eigenvalue weighted by molar-refractivity contribution is 0.906. The highest BCUT2D eigenvalue weighted by atomic mass is 13.9. The van der Waals surface area contributed by atoms with Crippen LogP contribution in [0.4, 0.5) is 0 Å². The minimum absolute atomic E-state index is 1.20. The summed E-state index contributed by atoms with van der Waals surface area (Å²) in [6.45, 7) is 7.93. The van der Waals surface area contributed by atoms with Crippen LogP contribution < -0.4 is 0 Å². The average Bonchev–Trinajstić information content (AvgIpc) is 1.89. The van der Waals surface area contributed by atoms with Gasteiger partial charge in [-0.15, -0.1) is 0 Å². The molecule has 0 aromatic heterocycles. The monoisotopic (exact) mass is 136 g/mol. The van der Waals surface area contributed by atoms with Crippen LogP contribution in [0.5, 0.6) is 0 Å². The quantitative estimate of drug-likeness (QED) is 0.519. The molecule has 0 aromatic carbocycles. The minimum Gasteiger partial charge on any atom is -0.0991 e. The average molecular weight is 136 g/mol. The maximum Gasteiger partial charge on any atom is -0.0323 e. The van der Waals surface area contributed by atoms with Gasteiger partial charge < -0.3 is 0 Å². The molecule has 0 rings (SSSR count). The lowest BCUT2D eigenvalue weighted by atomic mass is 10.1. The maximum absolute atomic E-state index is 3.59. The second kappa shape index (κ2) is 6.34. The van der Waals surface area contributed by atoms with Crippen molar-refractivity contribution in [2.24, 2.45) is 0 Å². The first-order valence-corrected chi connectivity index (χ1v) is 3.76. The van der Waals surface area contributed by atoms with Gasteiger partial charge >= 0.3 is 0 Å². The number of allylic oxidation sites excluding steroid dienone is 5. The molecule has 0 fully saturated rings. The Morgan fingerprint density at radius 1 is 1.40 bits per heavy atom. The third-order valence-electron chi connectivity index (χ3n) is 1.27. The zero-order chi connectivity index (χ0) is 7.82. The van der Waals surface area contributed by atoms with Crippen LogP contribution in [-0.2, 0) is 0 Å². The fourth-order valence-corrected chi connectivity index (χ4v) is 0.776. The fourth-order valence-electron chi connectivity index (χ4n) is 0.776. The van der Waals surface area contributed by atoms with Gasteiger partial charge in [-0.25, -0.2) is 0 Å². The summed E-state index contributed by atoms with van der Waals surface area (Å²) in [7, 11) is 0. The standard InChI is InChI=1S/C10H16/c1-4-6-7-9-10(3)8-5-2/h4,6-7,9H,1,5,8H2,2-3H3/b7-6-,10-9-. The van der Waals surface area contributed by atoms with E-state index in [2.05, 4.69) is 26.5 Å². The SMILES string of the molecule is C=C/C=C\C=C(\C)CCC. The number of rotatable bonds is 4. The molecule has 0 spiro atoms. The van der Waals surface area contributed by atoms with Crippen LogP contribution in [0.3, 0.4) is 0 Å². The smallest absolute Gasteiger partial charge is 0.0323 e. The fraction of sp³-hybridized carbons (Fsp3) is 0.400. The van der Waals surface area contributed by atoms with Gasteiger partial charge in [-0.3, -0.25) is 0 Å². The van der Waals surface area contributed by atoms with E-state index in [9.17, 15) is 0 Å². The van der Waals surface area contributed by atoms with Crippen molar-refractivity contribution in [1.29, 1.82) is 0 Å². The van der Waals surface area contributed by atoms with Gasteiger partial charge in [-0.2, -0.15) is 0 Å². The van der Waals surface area contributed by atoms with Gasteiger partial charge in [-0.1, -0.05) is 49.8 Å². The van der Waals surface area contributed by atoms with E-state index in [1.54, 1.807) is 6.08 Å². The summed E-state index contributed by atoms with van der Waals surface area (Å²) in [6.07, 6.45) is 10.3. The molecule has 0 unspecified atom stereocenters. The second-order valence-corrected chi connectivity index (χ2v) is 2.38. The van der Waals surface area contributed by atoms with Crippen LogP contribution in [0.2, 0.25) is 0 Å². The molecule has 0 bridgehead atoms. The molecule has 0 radical (unpaired) electrons. The third-order valence-corrected chi connectivity index (χ3v) is 1.27. The molecule has 0 aliphatic carbocycles. The van der Waals surface area contributed by atoms with Gasteiger partial charge in [0.1, 0.15) is 0 Å². The van der Waals surface area contributed by atoms with E-state index in [0.29, 0.717) is 0 Å². The van der Waals surface area contributed by atoms with E-state index < -0.39 is 0 Å². The molecule has 0 aromatic rings. The molecule has 10 heavy (non-hydrogen) atoms. The van der Waals surface area contributed by atoms with Crippen LogP contribution >= 0.6 is 0 Å². The van der Waals surface area contributed by atoms with Crippen molar-refractivity contribution >= 4 is 0 Å². The van der Waals surface area contributed by atoms with Crippen LogP contribution in [0.25, 0.3) is 0 Å². The molecule has 0 amide bonds. The summed E-state index contributed by atoms with van der Waals surface area (Å²) >= 11 is 0. The van der Waals surface area contributed by atoms with Gasteiger partial charge in [0.25, 0.3) is 0 Å². The van der Waals surface area contributed by atoms with E-state index >= 15 is 0 Å². The van der Waals surface area contributed by atoms with Crippen LogP contribution in [0, 0.1) is 0 Å². The molecule has 0 atom stereocenters. The van der Waals surface area contributed by atoms with Crippen LogP contribution in [-0.4, -0.2) is 0 Å². The Bertz CT molecular complexity index is 138. The van der Waals surface area contributed by atoms with Crippen LogP contribution in [0.15, 0.2) is 36.5 Å². The Balaban J connectivity index is 3.67. The van der Waals surface area contributed by atoms with Gasteiger partial charge in [-0.05, 0) is 13.3 Å². The normalized spacial score (nSPS) is 12.4. The largest absolute Gasteiger partial charge is 0.0991 e. The molecule has 0 saturated heterocycles. The highest BCUT2D eigenvalue weighted by Crippen LogP contribution is 2.02. The number of hydrogen-bond acceptors (Lipinski definition) is 0. The Morgan fingerprint density at radius 2 is 2.10 bits per heavy atom. The highest BCUT2D eigenvalue weighted by molar-refractivity contribution is 5.13. The first-order chi connectivity index (χ1) is 4.81. The Kier molecular flexibility index (Phi) is 5.85. The molecule has 0 saturated carbocycles. The van der Waals surface area contributed by atoms with Crippen molar-refractivity contribution in [3.63, 3.8) is 0 Å². The lowest BCUT2D eigenvalue weighted by Crippen LogP contribution is -1.71. The molecule has 0 aliphatic heterocycles. The van der Waals surface area contributed by atoms with E-state index in [-0.39, 0.29) is 0 Å². The summed E-state index contributed by atoms with van der Waals surface area (Å²) in [5, 5.41) is 0.